The quantitative estimate of drug-likeness (QED) is 0.686. The van der Waals surface area contributed by atoms with Gasteiger partial charge in [-0.2, -0.15) is 0 Å². The van der Waals surface area contributed by atoms with E-state index in [1.54, 1.807) is 11.3 Å². The minimum absolute atomic E-state index is 0.112. The van der Waals surface area contributed by atoms with Crippen molar-refractivity contribution in [3.63, 3.8) is 0 Å². The summed E-state index contributed by atoms with van der Waals surface area (Å²) in [6.07, 6.45) is 2.16. The molecule has 0 radical (unpaired) electrons. The van der Waals surface area contributed by atoms with Crippen LogP contribution >= 0.6 is 11.3 Å². The van der Waals surface area contributed by atoms with Gasteiger partial charge in [0.1, 0.15) is 0 Å². The first-order chi connectivity index (χ1) is 13.7. The molecule has 3 nitrogen and oxygen atoms in total. The lowest BCUT2D eigenvalue weighted by Crippen LogP contribution is -2.36. The summed E-state index contributed by atoms with van der Waals surface area (Å²) in [5, 5.41) is 0.685. The van der Waals surface area contributed by atoms with Gasteiger partial charge >= 0.3 is 0 Å². The number of hydrogen-bond donors (Lipinski definition) is 1. The van der Waals surface area contributed by atoms with E-state index in [1.165, 1.54) is 27.1 Å². The molecule has 4 heteroatoms. The number of rotatable bonds is 4. The predicted octanol–water partition coefficient (Wildman–Crippen LogP) is 4.97. The lowest BCUT2D eigenvalue weighted by atomic mass is 9.75. The van der Waals surface area contributed by atoms with Crippen LogP contribution in [0.1, 0.15) is 62.3 Å². The van der Waals surface area contributed by atoms with Crippen LogP contribution in [0.3, 0.4) is 0 Å². The maximum Gasteiger partial charge on any atom is 0.196 e. The minimum atomic E-state index is 0.112. The van der Waals surface area contributed by atoms with Gasteiger partial charge in [-0.05, 0) is 28.7 Å². The topological polar surface area (TPSA) is 46.3 Å². The summed E-state index contributed by atoms with van der Waals surface area (Å²) in [6, 6.07) is 17.0. The van der Waals surface area contributed by atoms with E-state index >= 15 is 0 Å². The molecular weight excluding hydrogens is 364 g/mol. The Morgan fingerprint density at radius 1 is 1.14 bits per heavy atom. The van der Waals surface area contributed by atoms with Gasteiger partial charge < -0.3 is 5.73 Å². The zero-order chi connectivity index (χ0) is 19.3. The molecule has 0 fully saturated rings. The van der Waals surface area contributed by atoms with Crippen LogP contribution in [0.4, 0.5) is 5.00 Å². The Labute approximate surface area is 169 Å². The highest BCUT2D eigenvalue weighted by Crippen LogP contribution is 2.48. The summed E-state index contributed by atoms with van der Waals surface area (Å²) in [5.41, 5.74) is 13.0. The Bertz CT molecular complexity index is 1050. The van der Waals surface area contributed by atoms with Gasteiger partial charge in [-0.3, -0.25) is 9.69 Å². The average molecular weight is 389 g/mol. The highest BCUT2D eigenvalue weighted by Gasteiger charge is 2.40. The fourth-order valence-corrected chi connectivity index (χ4v) is 5.92. The van der Waals surface area contributed by atoms with E-state index in [0.29, 0.717) is 5.00 Å². The van der Waals surface area contributed by atoms with Crippen molar-refractivity contribution in [3.05, 3.63) is 86.8 Å². The second-order valence-electron chi connectivity index (χ2n) is 7.89. The zero-order valence-electron chi connectivity index (χ0n) is 16.1. The fraction of sp³-hybridized carbons (Fsp3) is 0.292. The second kappa shape index (κ2) is 6.87. The number of nitrogens with zero attached hydrogens (tertiary/aromatic N) is 1. The summed E-state index contributed by atoms with van der Waals surface area (Å²) in [5.74, 6) is 0.348. The smallest absolute Gasteiger partial charge is 0.196 e. The summed E-state index contributed by atoms with van der Waals surface area (Å²) in [7, 11) is 0. The van der Waals surface area contributed by atoms with E-state index in [2.05, 4.69) is 54.3 Å². The third-order valence-corrected chi connectivity index (χ3v) is 6.98. The molecule has 1 unspecified atom stereocenters. The number of aryl methyl sites for hydroxylation is 1. The zero-order valence-corrected chi connectivity index (χ0v) is 16.9. The summed E-state index contributed by atoms with van der Waals surface area (Å²) in [4.78, 5) is 16.9. The van der Waals surface area contributed by atoms with Crippen LogP contribution in [0.25, 0.3) is 0 Å². The summed E-state index contributed by atoms with van der Waals surface area (Å²) >= 11 is 1.60. The van der Waals surface area contributed by atoms with Gasteiger partial charge in [-0.15, -0.1) is 11.3 Å². The molecular formula is C24H24N2OS. The average Bonchev–Trinajstić information content (AvgIpc) is 3.03. The molecule has 0 spiro atoms. The second-order valence-corrected chi connectivity index (χ2v) is 9.02. The monoisotopic (exact) mass is 388 g/mol. The molecule has 0 bridgehead atoms. The number of ketones is 1. The van der Waals surface area contributed by atoms with Crippen molar-refractivity contribution in [3.8, 4) is 0 Å². The Kier molecular flexibility index (Phi) is 4.33. The fourth-order valence-electron chi connectivity index (χ4n) is 4.75. The van der Waals surface area contributed by atoms with Crippen LogP contribution in [0.15, 0.2) is 48.5 Å². The van der Waals surface area contributed by atoms with Crippen molar-refractivity contribution in [1.29, 1.82) is 0 Å². The Morgan fingerprint density at radius 3 is 2.75 bits per heavy atom. The van der Waals surface area contributed by atoms with E-state index in [1.807, 2.05) is 6.07 Å². The molecule has 2 heterocycles. The normalized spacial score (nSPS) is 18.0. The summed E-state index contributed by atoms with van der Waals surface area (Å²) in [6.45, 7) is 4.91. The molecule has 0 saturated carbocycles. The largest absolute Gasteiger partial charge is 0.390 e. The molecule has 0 saturated heterocycles. The standard InChI is InChI=1S/C24H24N2OS/c1-2-6-15-9-10-17-18(11-15)19-13-26(12-16-7-4-3-5-8-16)14-20-21(19)22(23(17)27)24(25)28-20/h3-5,7-11,19H,2,6,12-14,25H2,1H3. The van der Waals surface area contributed by atoms with Crippen molar-refractivity contribution < 1.29 is 4.79 Å². The number of nitrogen functional groups attached to an aromatic ring is 1. The molecule has 2 aliphatic rings. The maximum absolute atomic E-state index is 13.2. The van der Waals surface area contributed by atoms with Crippen LogP contribution in [0, 0.1) is 0 Å². The highest BCUT2D eigenvalue weighted by molar-refractivity contribution is 7.16. The Hall–Kier alpha value is -2.43. The number of anilines is 1. The number of thiophene rings is 1. The molecule has 0 amide bonds. The van der Waals surface area contributed by atoms with Crippen molar-refractivity contribution >= 4 is 22.1 Å². The van der Waals surface area contributed by atoms with Gasteiger partial charge in [0.15, 0.2) is 5.78 Å². The molecule has 1 aliphatic carbocycles. The molecule has 28 heavy (non-hydrogen) atoms. The van der Waals surface area contributed by atoms with Crippen LogP contribution in [0.5, 0.6) is 0 Å². The van der Waals surface area contributed by atoms with Crippen molar-refractivity contribution in [2.45, 2.75) is 38.8 Å². The van der Waals surface area contributed by atoms with Crippen LogP contribution in [-0.4, -0.2) is 17.2 Å². The Balaban J connectivity index is 1.59. The van der Waals surface area contributed by atoms with Gasteiger partial charge in [0.2, 0.25) is 0 Å². The lowest BCUT2D eigenvalue weighted by molar-refractivity contribution is 0.103. The van der Waals surface area contributed by atoms with Gasteiger partial charge in [-0.1, -0.05) is 61.9 Å². The maximum atomic E-state index is 13.2. The molecule has 3 aromatic rings. The van der Waals surface area contributed by atoms with Gasteiger partial charge in [0.25, 0.3) is 0 Å². The number of carbonyl (C=O) groups excluding carboxylic acids is 1. The van der Waals surface area contributed by atoms with Crippen molar-refractivity contribution in [2.24, 2.45) is 0 Å². The molecule has 2 N–H and O–H groups in total. The first-order valence-electron chi connectivity index (χ1n) is 10.0. The van der Waals surface area contributed by atoms with E-state index in [-0.39, 0.29) is 11.7 Å². The van der Waals surface area contributed by atoms with Crippen LogP contribution in [0.2, 0.25) is 0 Å². The first-order valence-corrected chi connectivity index (χ1v) is 10.8. The van der Waals surface area contributed by atoms with Crippen molar-refractivity contribution in [2.75, 3.05) is 12.3 Å². The number of fused-ring (bicyclic) bond motifs is 2. The van der Waals surface area contributed by atoms with Crippen LogP contribution in [-0.2, 0) is 19.5 Å². The minimum Gasteiger partial charge on any atom is -0.390 e. The molecule has 142 valence electrons. The van der Waals surface area contributed by atoms with E-state index in [0.717, 1.165) is 43.6 Å². The van der Waals surface area contributed by atoms with Gasteiger partial charge in [0.05, 0.1) is 10.6 Å². The molecule has 1 aromatic heterocycles. The SMILES string of the molecule is CCCc1ccc2c(c1)C1CN(Cc3ccccc3)Cc3sc(N)c(c31)C2=O. The molecule has 5 rings (SSSR count). The molecule has 2 aromatic carbocycles. The molecule has 1 atom stereocenters. The highest BCUT2D eigenvalue weighted by atomic mass is 32.1. The number of hydrogen-bond acceptors (Lipinski definition) is 4. The van der Waals surface area contributed by atoms with Gasteiger partial charge in [0, 0.05) is 36.0 Å². The number of nitrogens with two attached hydrogens (primary N) is 1. The summed E-state index contributed by atoms with van der Waals surface area (Å²) < 4.78 is 0. The number of carbonyl (C=O) groups is 1. The molecule has 1 aliphatic heterocycles. The van der Waals surface area contributed by atoms with E-state index in [4.69, 9.17) is 5.73 Å². The number of benzene rings is 2. The van der Waals surface area contributed by atoms with Gasteiger partial charge in [-0.25, -0.2) is 0 Å². The third-order valence-electron chi connectivity index (χ3n) is 5.96. The van der Waals surface area contributed by atoms with E-state index in [9.17, 15) is 4.79 Å². The lowest BCUT2D eigenvalue weighted by Gasteiger charge is -2.36. The predicted molar refractivity (Wildman–Crippen MR) is 115 cm³/mol. The first kappa shape index (κ1) is 17.7. The third kappa shape index (κ3) is 2.79. The van der Waals surface area contributed by atoms with E-state index < -0.39 is 0 Å². The van der Waals surface area contributed by atoms with Crippen LogP contribution < -0.4 is 5.73 Å². The van der Waals surface area contributed by atoms with Crippen molar-refractivity contribution in [1.82, 2.24) is 4.90 Å². The Morgan fingerprint density at radius 2 is 1.96 bits per heavy atom.